The molecule has 0 unspecified atom stereocenters. The van der Waals surface area contributed by atoms with Gasteiger partial charge in [-0.3, -0.25) is 9.10 Å². The van der Waals surface area contributed by atoms with E-state index < -0.39 is 22.0 Å². The summed E-state index contributed by atoms with van der Waals surface area (Å²) in [5.74, 6) is 0.972. The summed E-state index contributed by atoms with van der Waals surface area (Å²) < 4.78 is 37.7. The third-order valence-corrected chi connectivity index (χ3v) is 5.94. The molecule has 3 aromatic carbocycles. The SMILES string of the molecule is Cc1ccc2c(c1)N(S(C)(=O)=O)C[C@@H](C(=O)Nc1ccccc1Oc1ccccc1)O2. The second kappa shape index (κ2) is 8.31. The molecule has 4 rings (SSSR count). The minimum atomic E-state index is -3.60. The minimum absolute atomic E-state index is 0.122. The van der Waals surface area contributed by atoms with Gasteiger partial charge in [0.1, 0.15) is 11.5 Å². The molecule has 0 spiro atoms. The van der Waals surface area contributed by atoms with Gasteiger partial charge >= 0.3 is 0 Å². The van der Waals surface area contributed by atoms with Crippen LogP contribution in [0.1, 0.15) is 5.56 Å². The molecule has 160 valence electrons. The number of nitrogens with zero attached hydrogens (tertiary/aromatic N) is 1. The monoisotopic (exact) mass is 438 g/mol. The molecule has 0 aliphatic carbocycles. The first-order valence-corrected chi connectivity index (χ1v) is 11.5. The van der Waals surface area contributed by atoms with E-state index in [0.717, 1.165) is 11.8 Å². The molecule has 3 aromatic rings. The van der Waals surface area contributed by atoms with E-state index in [1.165, 1.54) is 4.31 Å². The van der Waals surface area contributed by atoms with Gasteiger partial charge in [0.05, 0.1) is 24.2 Å². The molecule has 31 heavy (non-hydrogen) atoms. The Morgan fingerprint density at radius 2 is 1.77 bits per heavy atom. The van der Waals surface area contributed by atoms with Gasteiger partial charge in [-0.15, -0.1) is 0 Å². The number of hydrogen-bond acceptors (Lipinski definition) is 5. The number of aryl methyl sites for hydroxylation is 1. The van der Waals surface area contributed by atoms with Crippen molar-refractivity contribution < 1.29 is 22.7 Å². The number of sulfonamides is 1. The Bertz CT molecular complexity index is 1210. The lowest BCUT2D eigenvalue weighted by Crippen LogP contribution is -2.48. The molecule has 8 heteroatoms. The van der Waals surface area contributed by atoms with Crippen LogP contribution in [0.4, 0.5) is 11.4 Å². The maximum absolute atomic E-state index is 13.0. The summed E-state index contributed by atoms with van der Waals surface area (Å²) in [4.78, 5) is 13.0. The van der Waals surface area contributed by atoms with E-state index >= 15 is 0 Å². The summed E-state index contributed by atoms with van der Waals surface area (Å²) in [7, 11) is -3.60. The molecule has 7 nitrogen and oxygen atoms in total. The van der Waals surface area contributed by atoms with Crippen molar-refractivity contribution in [3.05, 3.63) is 78.4 Å². The quantitative estimate of drug-likeness (QED) is 0.652. The van der Waals surface area contributed by atoms with Gasteiger partial charge in [0.2, 0.25) is 10.0 Å². The summed E-state index contributed by atoms with van der Waals surface area (Å²) >= 11 is 0. The summed E-state index contributed by atoms with van der Waals surface area (Å²) in [5.41, 5.74) is 1.78. The summed E-state index contributed by atoms with van der Waals surface area (Å²) in [6.07, 6.45) is 0.0947. The van der Waals surface area contributed by atoms with Gasteiger partial charge in [0.15, 0.2) is 11.9 Å². The number of anilines is 2. The molecule has 1 atom stereocenters. The van der Waals surface area contributed by atoms with E-state index in [4.69, 9.17) is 9.47 Å². The molecule has 0 saturated heterocycles. The summed E-state index contributed by atoms with van der Waals surface area (Å²) in [6, 6.07) is 21.5. The van der Waals surface area contributed by atoms with Crippen LogP contribution in [0.15, 0.2) is 72.8 Å². The topological polar surface area (TPSA) is 84.9 Å². The number of hydrogen-bond donors (Lipinski definition) is 1. The van der Waals surface area contributed by atoms with E-state index in [2.05, 4.69) is 5.32 Å². The van der Waals surface area contributed by atoms with Crippen molar-refractivity contribution in [3.63, 3.8) is 0 Å². The Morgan fingerprint density at radius 3 is 2.52 bits per heavy atom. The number of benzene rings is 3. The lowest BCUT2D eigenvalue weighted by atomic mass is 10.1. The molecule has 0 aromatic heterocycles. The first kappa shape index (κ1) is 20.7. The van der Waals surface area contributed by atoms with Crippen LogP contribution in [0.25, 0.3) is 0 Å². The number of carbonyl (C=O) groups excluding carboxylic acids is 1. The van der Waals surface area contributed by atoms with Gasteiger partial charge in [-0.1, -0.05) is 36.4 Å². The van der Waals surface area contributed by atoms with Crippen molar-refractivity contribution in [3.8, 4) is 17.2 Å². The van der Waals surface area contributed by atoms with E-state index in [0.29, 0.717) is 28.6 Å². The Balaban J connectivity index is 1.58. The molecule has 1 aliphatic rings. The fourth-order valence-electron chi connectivity index (χ4n) is 3.30. The summed E-state index contributed by atoms with van der Waals surface area (Å²) in [5, 5.41) is 2.80. The lowest BCUT2D eigenvalue weighted by molar-refractivity contribution is -0.122. The molecule has 0 fully saturated rings. The van der Waals surface area contributed by atoms with Crippen molar-refractivity contribution in [2.24, 2.45) is 0 Å². The predicted octanol–water partition coefficient (Wildman–Crippen LogP) is 3.95. The van der Waals surface area contributed by atoms with Gasteiger partial charge < -0.3 is 14.8 Å². The average molecular weight is 439 g/mol. The minimum Gasteiger partial charge on any atom is -0.476 e. The zero-order chi connectivity index (χ0) is 22.0. The molecule has 0 saturated carbocycles. The first-order valence-electron chi connectivity index (χ1n) is 9.69. The highest BCUT2D eigenvalue weighted by Crippen LogP contribution is 2.36. The molecule has 1 N–H and O–H groups in total. The Kier molecular flexibility index (Phi) is 5.56. The Labute approximate surface area is 181 Å². The fraction of sp³-hybridized carbons (Fsp3) is 0.174. The van der Waals surface area contributed by atoms with Crippen molar-refractivity contribution in [1.82, 2.24) is 0 Å². The standard InChI is InChI=1S/C23H22N2O5S/c1-16-12-13-21-19(14-16)25(31(2,27)28)15-22(30-21)23(26)24-18-10-6-7-11-20(18)29-17-8-4-3-5-9-17/h3-14,22H,15H2,1-2H3,(H,24,26)/t22-/m0/s1. The van der Waals surface area contributed by atoms with E-state index in [1.54, 1.807) is 36.4 Å². The normalized spacial score (nSPS) is 15.5. The summed E-state index contributed by atoms with van der Waals surface area (Å²) in [6.45, 7) is 1.74. The molecular formula is C23H22N2O5S. The second-order valence-electron chi connectivity index (χ2n) is 7.27. The highest BCUT2D eigenvalue weighted by molar-refractivity contribution is 7.92. The zero-order valence-electron chi connectivity index (χ0n) is 17.1. The van der Waals surface area contributed by atoms with Crippen molar-refractivity contribution in [1.29, 1.82) is 0 Å². The second-order valence-corrected chi connectivity index (χ2v) is 9.18. The molecule has 1 aliphatic heterocycles. The Morgan fingerprint density at radius 1 is 1.06 bits per heavy atom. The van der Waals surface area contributed by atoms with Gasteiger partial charge in [0.25, 0.3) is 5.91 Å². The van der Waals surface area contributed by atoms with Gasteiger partial charge in [0, 0.05) is 0 Å². The number of ether oxygens (including phenoxy) is 2. The number of fused-ring (bicyclic) bond motifs is 1. The number of nitrogens with one attached hydrogen (secondary N) is 1. The van der Waals surface area contributed by atoms with Crippen LogP contribution in [0.2, 0.25) is 0 Å². The molecule has 1 amide bonds. The van der Waals surface area contributed by atoms with Gasteiger partial charge in [-0.2, -0.15) is 0 Å². The van der Waals surface area contributed by atoms with Crippen molar-refractivity contribution in [2.45, 2.75) is 13.0 Å². The van der Waals surface area contributed by atoms with Crippen LogP contribution in [0, 0.1) is 6.92 Å². The highest BCUT2D eigenvalue weighted by atomic mass is 32.2. The number of para-hydroxylation sites is 3. The van der Waals surface area contributed by atoms with Crippen LogP contribution < -0.4 is 19.1 Å². The number of rotatable bonds is 5. The first-order chi connectivity index (χ1) is 14.8. The predicted molar refractivity (Wildman–Crippen MR) is 119 cm³/mol. The van der Waals surface area contributed by atoms with E-state index in [-0.39, 0.29) is 6.54 Å². The number of carbonyl (C=O) groups is 1. The largest absolute Gasteiger partial charge is 0.476 e. The molecule has 0 bridgehead atoms. The zero-order valence-corrected chi connectivity index (χ0v) is 17.9. The third kappa shape index (κ3) is 4.64. The van der Waals surface area contributed by atoms with Crippen LogP contribution in [-0.4, -0.2) is 33.2 Å². The van der Waals surface area contributed by atoms with Crippen LogP contribution in [-0.2, 0) is 14.8 Å². The fourth-order valence-corrected chi connectivity index (χ4v) is 4.21. The average Bonchev–Trinajstić information content (AvgIpc) is 2.74. The van der Waals surface area contributed by atoms with Crippen LogP contribution in [0.5, 0.6) is 17.2 Å². The smallest absolute Gasteiger partial charge is 0.267 e. The van der Waals surface area contributed by atoms with E-state index in [9.17, 15) is 13.2 Å². The molecular weight excluding hydrogens is 416 g/mol. The van der Waals surface area contributed by atoms with E-state index in [1.807, 2.05) is 43.3 Å². The van der Waals surface area contributed by atoms with Crippen molar-refractivity contribution >= 4 is 27.3 Å². The maximum Gasteiger partial charge on any atom is 0.267 e. The van der Waals surface area contributed by atoms with Crippen LogP contribution >= 0.6 is 0 Å². The highest BCUT2D eigenvalue weighted by Gasteiger charge is 2.35. The number of amides is 1. The Hall–Kier alpha value is -3.52. The molecule has 1 heterocycles. The maximum atomic E-state index is 13.0. The molecule has 0 radical (unpaired) electrons. The van der Waals surface area contributed by atoms with Gasteiger partial charge in [-0.05, 0) is 48.9 Å². The van der Waals surface area contributed by atoms with Gasteiger partial charge in [-0.25, -0.2) is 8.42 Å². The van der Waals surface area contributed by atoms with Crippen molar-refractivity contribution in [2.75, 3.05) is 22.4 Å². The van der Waals surface area contributed by atoms with Crippen LogP contribution in [0.3, 0.4) is 0 Å². The third-order valence-electron chi connectivity index (χ3n) is 4.79. The lowest BCUT2D eigenvalue weighted by Gasteiger charge is -2.34.